The third-order valence-electron chi connectivity index (χ3n) is 3.53. The number of carbonyl (C=O) groups is 1. The van der Waals surface area contributed by atoms with Crippen LogP contribution in [0.3, 0.4) is 0 Å². The molecule has 116 valence electrons. The molecule has 0 radical (unpaired) electrons. The van der Waals surface area contributed by atoms with Crippen molar-refractivity contribution < 1.29 is 4.79 Å². The molecule has 0 saturated carbocycles. The van der Waals surface area contributed by atoms with Crippen LogP contribution in [0.15, 0.2) is 64.0 Å². The zero-order valence-corrected chi connectivity index (χ0v) is 15.2. The highest BCUT2D eigenvalue weighted by molar-refractivity contribution is 9.10. The Labute approximate surface area is 144 Å². The normalized spacial score (nSPS) is 11.2. The lowest BCUT2D eigenvalue weighted by molar-refractivity contribution is -0.125. The lowest BCUT2D eigenvalue weighted by atomic mass is 9.84. The molecule has 0 fully saturated rings. The van der Waals surface area contributed by atoms with E-state index >= 15 is 0 Å². The van der Waals surface area contributed by atoms with Gasteiger partial charge in [0.15, 0.2) is 0 Å². The van der Waals surface area contributed by atoms with Gasteiger partial charge in [0.1, 0.15) is 0 Å². The Morgan fingerprint density at radius 2 is 1.73 bits per heavy atom. The number of hydrogen-bond donors (Lipinski definition) is 1. The highest BCUT2D eigenvalue weighted by Gasteiger charge is 2.28. The summed E-state index contributed by atoms with van der Waals surface area (Å²) in [5.74, 6) is 0.924. The molecule has 4 heteroatoms. The van der Waals surface area contributed by atoms with Crippen LogP contribution in [0.5, 0.6) is 0 Å². The average molecular weight is 378 g/mol. The average Bonchev–Trinajstić information content (AvgIpc) is 2.54. The Kier molecular flexibility index (Phi) is 6.09. The molecular formula is C18H20BrNOS. The number of rotatable bonds is 6. The molecule has 1 N–H and O–H groups in total. The van der Waals surface area contributed by atoms with Crippen LogP contribution in [0.4, 0.5) is 0 Å². The molecule has 0 spiro atoms. The summed E-state index contributed by atoms with van der Waals surface area (Å²) in [4.78, 5) is 13.6. The molecule has 0 aliphatic heterocycles. The van der Waals surface area contributed by atoms with Crippen molar-refractivity contribution in [2.75, 3.05) is 12.3 Å². The smallest absolute Gasteiger partial charge is 0.230 e. The highest BCUT2D eigenvalue weighted by Crippen LogP contribution is 2.23. The van der Waals surface area contributed by atoms with Gasteiger partial charge in [-0.1, -0.05) is 46.3 Å². The quantitative estimate of drug-likeness (QED) is 0.586. The molecule has 2 rings (SSSR count). The number of carbonyl (C=O) groups excluding carboxylic acids is 1. The summed E-state index contributed by atoms with van der Waals surface area (Å²) >= 11 is 5.17. The molecule has 0 unspecified atom stereocenters. The zero-order valence-electron chi connectivity index (χ0n) is 12.8. The number of thioether (sulfide) groups is 1. The molecule has 0 aliphatic carbocycles. The van der Waals surface area contributed by atoms with Crippen molar-refractivity contribution in [3.63, 3.8) is 0 Å². The van der Waals surface area contributed by atoms with E-state index in [1.54, 1.807) is 11.8 Å². The molecule has 0 heterocycles. The molecule has 0 saturated heterocycles. The topological polar surface area (TPSA) is 29.1 Å². The number of hydrogen-bond acceptors (Lipinski definition) is 2. The Morgan fingerprint density at radius 3 is 2.36 bits per heavy atom. The van der Waals surface area contributed by atoms with Crippen molar-refractivity contribution >= 4 is 33.6 Å². The predicted octanol–water partition coefficient (Wildman–Crippen LogP) is 4.64. The van der Waals surface area contributed by atoms with Crippen LogP contribution in [-0.2, 0) is 10.2 Å². The minimum absolute atomic E-state index is 0.0649. The lowest BCUT2D eigenvalue weighted by Crippen LogP contribution is -2.40. The summed E-state index contributed by atoms with van der Waals surface area (Å²) in [6.07, 6.45) is 0. The molecule has 1 amide bonds. The molecule has 0 bridgehead atoms. The Bertz CT molecular complexity index is 611. The van der Waals surface area contributed by atoms with Crippen LogP contribution in [0, 0.1) is 0 Å². The van der Waals surface area contributed by atoms with Gasteiger partial charge in [0.05, 0.1) is 5.41 Å². The monoisotopic (exact) mass is 377 g/mol. The van der Waals surface area contributed by atoms with Crippen LogP contribution in [0.25, 0.3) is 0 Å². The van der Waals surface area contributed by atoms with Crippen molar-refractivity contribution in [1.82, 2.24) is 5.32 Å². The van der Waals surface area contributed by atoms with Gasteiger partial charge >= 0.3 is 0 Å². The maximum absolute atomic E-state index is 12.4. The van der Waals surface area contributed by atoms with Gasteiger partial charge in [-0.05, 0) is 43.7 Å². The maximum Gasteiger partial charge on any atom is 0.230 e. The van der Waals surface area contributed by atoms with Crippen molar-refractivity contribution in [2.24, 2.45) is 0 Å². The van der Waals surface area contributed by atoms with Gasteiger partial charge in [-0.3, -0.25) is 4.79 Å². The molecule has 2 nitrogen and oxygen atoms in total. The van der Waals surface area contributed by atoms with Gasteiger partial charge in [-0.15, -0.1) is 11.8 Å². The van der Waals surface area contributed by atoms with Crippen LogP contribution in [0.2, 0.25) is 0 Å². The van der Waals surface area contributed by atoms with Crippen molar-refractivity contribution in [3.05, 3.63) is 64.6 Å². The second-order valence-corrected chi connectivity index (χ2v) is 7.63. The summed E-state index contributed by atoms with van der Waals surface area (Å²) in [7, 11) is 0. The van der Waals surface area contributed by atoms with E-state index in [1.165, 1.54) is 4.90 Å². The van der Waals surface area contributed by atoms with Crippen LogP contribution in [-0.4, -0.2) is 18.2 Å². The van der Waals surface area contributed by atoms with Gasteiger partial charge in [0.2, 0.25) is 5.91 Å². The fourth-order valence-corrected chi connectivity index (χ4v) is 3.10. The fraction of sp³-hybridized carbons (Fsp3) is 0.278. The first-order valence-electron chi connectivity index (χ1n) is 7.22. The van der Waals surface area contributed by atoms with Gasteiger partial charge in [0, 0.05) is 21.7 Å². The van der Waals surface area contributed by atoms with E-state index in [9.17, 15) is 4.79 Å². The molecule has 0 atom stereocenters. The molecule has 2 aromatic carbocycles. The molecular weight excluding hydrogens is 358 g/mol. The summed E-state index contributed by atoms with van der Waals surface area (Å²) in [6, 6.07) is 18.1. The first-order valence-corrected chi connectivity index (χ1v) is 9.00. The summed E-state index contributed by atoms with van der Waals surface area (Å²) < 4.78 is 1.08. The van der Waals surface area contributed by atoms with E-state index in [0.717, 1.165) is 15.8 Å². The minimum atomic E-state index is -0.510. The van der Waals surface area contributed by atoms with E-state index in [2.05, 4.69) is 33.4 Å². The lowest BCUT2D eigenvalue weighted by Gasteiger charge is -2.24. The van der Waals surface area contributed by atoms with Gasteiger partial charge in [-0.25, -0.2) is 0 Å². The fourth-order valence-electron chi connectivity index (χ4n) is 2.07. The summed E-state index contributed by atoms with van der Waals surface area (Å²) in [6.45, 7) is 4.58. The molecule has 2 aromatic rings. The summed E-state index contributed by atoms with van der Waals surface area (Å²) in [5.41, 5.74) is 0.525. The molecule has 0 aromatic heterocycles. The number of amides is 1. The Balaban J connectivity index is 1.81. The van der Waals surface area contributed by atoms with Gasteiger partial charge < -0.3 is 5.32 Å². The van der Waals surface area contributed by atoms with E-state index in [1.807, 2.05) is 56.3 Å². The van der Waals surface area contributed by atoms with E-state index in [-0.39, 0.29) is 5.91 Å². The van der Waals surface area contributed by atoms with Crippen LogP contribution >= 0.6 is 27.7 Å². The standard InChI is InChI=1S/C18H20BrNOS/c1-18(2,14-6-4-3-5-7-14)17(21)20-12-13-22-16-10-8-15(19)9-11-16/h3-11H,12-13H2,1-2H3,(H,20,21). The minimum Gasteiger partial charge on any atom is -0.355 e. The van der Waals surface area contributed by atoms with E-state index < -0.39 is 5.41 Å². The number of nitrogens with one attached hydrogen (secondary N) is 1. The Hall–Kier alpha value is -1.26. The zero-order chi connectivity index (χ0) is 16.0. The third kappa shape index (κ3) is 4.62. The highest BCUT2D eigenvalue weighted by atomic mass is 79.9. The molecule has 22 heavy (non-hydrogen) atoms. The third-order valence-corrected chi connectivity index (χ3v) is 5.08. The van der Waals surface area contributed by atoms with Crippen LogP contribution < -0.4 is 5.32 Å². The van der Waals surface area contributed by atoms with Gasteiger partial charge in [0.25, 0.3) is 0 Å². The molecule has 0 aliphatic rings. The van der Waals surface area contributed by atoms with Gasteiger partial charge in [-0.2, -0.15) is 0 Å². The second-order valence-electron chi connectivity index (χ2n) is 5.55. The SMILES string of the molecule is CC(C)(C(=O)NCCSc1ccc(Br)cc1)c1ccccc1. The number of benzene rings is 2. The van der Waals surface area contributed by atoms with E-state index in [4.69, 9.17) is 0 Å². The van der Waals surface area contributed by atoms with Crippen LogP contribution in [0.1, 0.15) is 19.4 Å². The first-order chi connectivity index (χ1) is 10.5. The predicted molar refractivity (Wildman–Crippen MR) is 97.3 cm³/mol. The maximum atomic E-state index is 12.4. The van der Waals surface area contributed by atoms with Crippen molar-refractivity contribution in [3.8, 4) is 0 Å². The summed E-state index contributed by atoms with van der Waals surface area (Å²) in [5, 5.41) is 3.03. The Morgan fingerprint density at radius 1 is 1.09 bits per heavy atom. The largest absolute Gasteiger partial charge is 0.355 e. The first kappa shape index (κ1) is 17.1. The van der Waals surface area contributed by atoms with Crippen molar-refractivity contribution in [1.29, 1.82) is 0 Å². The van der Waals surface area contributed by atoms with E-state index in [0.29, 0.717) is 6.54 Å². The second kappa shape index (κ2) is 7.84. The van der Waals surface area contributed by atoms with Crippen molar-refractivity contribution in [2.45, 2.75) is 24.2 Å². The number of halogens is 1.